The van der Waals surface area contributed by atoms with Crippen molar-refractivity contribution in [1.29, 1.82) is 0 Å². The summed E-state index contributed by atoms with van der Waals surface area (Å²) < 4.78 is 0. The Bertz CT molecular complexity index is 523. The maximum Gasteiger partial charge on any atom is 0.344 e. The lowest BCUT2D eigenvalue weighted by atomic mass is 9.99. The van der Waals surface area contributed by atoms with Gasteiger partial charge in [0, 0.05) is 18.0 Å². The highest BCUT2D eigenvalue weighted by atomic mass is 16.1. The summed E-state index contributed by atoms with van der Waals surface area (Å²) in [5.74, 6) is 0. The van der Waals surface area contributed by atoms with E-state index in [9.17, 15) is 4.79 Å². The Morgan fingerprint density at radius 2 is 2.07 bits per heavy atom. The van der Waals surface area contributed by atoms with Crippen molar-refractivity contribution in [2.24, 2.45) is 0 Å². The Morgan fingerprint density at radius 3 is 2.73 bits per heavy atom. The number of aromatic nitrogens is 2. The van der Waals surface area contributed by atoms with Crippen molar-refractivity contribution in [3.63, 3.8) is 0 Å². The number of nitrogens with one attached hydrogen (secondary N) is 1. The molecule has 2 aromatic rings. The topological polar surface area (TPSA) is 45.8 Å². The van der Waals surface area contributed by atoms with Crippen LogP contribution in [0.2, 0.25) is 0 Å². The second-order valence-corrected chi connectivity index (χ2v) is 3.55. The Kier molecular flexibility index (Phi) is 2.37. The number of aryl methyl sites for hydroxylation is 1. The van der Waals surface area contributed by atoms with Crippen LogP contribution in [-0.4, -0.2) is 9.97 Å². The summed E-state index contributed by atoms with van der Waals surface area (Å²) in [6, 6.07) is 6.10. The van der Waals surface area contributed by atoms with Crippen molar-refractivity contribution in [2.75, 3.05) is 0 Å². The molecular weight excluding hydrogens is 188 g/mol. The van der Waals surface area contributed by atoms with Gasteiger partial charge in [0.05, 0.1) is 0 Å². The van der Waals surface area contributed by atoms with E-state index in [0.717, 1.165) is 11.1 Å². The molecule has 0 spiro atoms. The van der Waals surface area contributed by atoms with Crippen molar-refractivity contribution in [2.45, 2.75) is 13.8 Å². The third-order valence-corrected chi connectivity index (χ3v) is 2.59. The third-order valence-electron chi connectivity index (χ3n) is 2.59. The van der Waals surface area contributed by atoms with Gasteiger partial charge in [0.25, 0.3) is 0 Å². The van der Waals surface area contributed by atoms with Crippen LogP contribution in [0, 0.1) is 13.8 Å². The fourth-order valence-corrected chi connectivity index (χ4v) is 1.55. The molecule has 0 amide bonds. The van der Waals surface area contributed by atoms with Gasteiger partial charge in [-0.15, -0.1) is 0 Å². The van der Waals surface area contributed by atoms with Crippen LogP contribution in [0.4, 0.5) is 0 Å². The Balaban J connectivity index is 2.59. The number of hydrogen-bond donors (Lipinski definition) is 1. The number of H-pyrrole nitrogens is 1. The van der Waals surface area contributed by atoms with Gasteiger partial charge in [-0.2, -0.15) is 0 Å². The maximum absolute atomic E-state index is 10.8. The van der Waals surface area contributed by atoms with E-state index in [1.54, 1.807) is 12.4 Å². The zero-order valence-electron chi connectivity index (χ0n) is 8.74. The lowest BCUT2D eigenvalue weighted by molar-refractivity contribution is 1.08. The molecule has 0 aliphatic carbocycles. The molecule has 0 saturated heterocycles. The van der Waals surface area contributed by atoms with E-state index >= 15 is 0 Å². The van der Waals surface area contributed by atoms with E-state index in [1.807, 2.05) is 12.1 Å². The molecule has 3 heteroatoms. The molecule has 1 aromatic carbocycles. The van der Waals surface area contributed by atoms with Crippen molar-refractivity contribution in [1.82, 2.24) is 9.97 Å². The predicted octanol–water partition coefficient (Wildman–Crippen LogP) is 2.05. The summed E-state index contributed by atoms with van der Waals surface area (Å²) in [5.41, 5.74) is 4.18. The van der Waals surface area contributed by atoms with Crippen molar-refractivity contribution in [3.8, 4) is 11.1 Å². The molecule has 1 heterocycles. The van der Waals surface area contributed by atoms with E-state index < -0.39 is 0 Å². The van der Waals surface area contributed by atoms with Gasteiger partial charge in [0.1, 0.15) is 0 Å². The minimum atomic E-state index is -0.316. The standard InChI is InChI=1S/C12H12N2O/c1-8-4-3-5-11(9(8)2)10-6-13-12(15)14-7-10/h3-7H,1-2H3,(H,13,14,15). The number of benzene rings is 1. The van der Waals surface area contributed by atoms with Crippen LogP contribution in [0.15, 0.2) is 35.4 Å². The first kappa shape index (κ1) is 9.65. The van der Waals surface area contributed by atoms with E-state index in [-0.39, 0.29) is 5.69 Å². The zero-order valence-corrected chi connectivity index (χ0v) is 8.74. The summed E-state index contributed by atoms with van der Waals surface area (Å²) in [7, 11) is 0. The third kappa shape index (κ3) is 1.81. The molecule has 2 rings (SSSR count). The van der Waals surface area contributed by atoms with Gasteiger partial charge in [-0.3, -0.25) is 0 Å². The van der Waals surface area contributed by atoms with Crippen LogP contribution < -0.4 is 5.69 Å². The van der Waals surface area contributed by atoms with Gasteiger partial charge in [-0.1, -0.05) is 18.2 Å². The van der Waals surface area contributed by atoms with Gasteiger partial charge in [-0.05, 0) is 30.5 Å². The smallest absolute Gasteiger partial charge is 0.312 e. The van der Waals surface area contributed by atoms with Crippen LogP contribution >= 0.6 is 0 Å². The number of aromatic amines is 1. The lowest BCUT2D eigenvalue weighted by Crippen LogP contribution is -2.08. The Labute approximate surface area is 87.8 Å². The molecule has 0 radical (unpaired) electrons. The minimum Gasteiger partial charge on any atom is -0.312 e. The Hall–Kier alpha value is -1.90. The molecule has 15 heavy (non-hydrogen) atoms. The normalized spacial score (nSPS) is 10.3. The van der Waals surface area contributed by atoms with E-state index in [1.165, 1.54) is 11.1 Å². The molecule has 3 nitrogen and oxygen atoms in total. The van der Waals surface area contributed by atoms with Gasteiger partial charge < -0.3 is 4.98 Å². The Morgan fingerprint density at radius 1 is 1.27 bits per heavy atom. The highest BCUT2D eigenvalue weighted by Gasteiger charge is 2.03. The molecule has 1 N–H and O–H groups in total. The number of rotatable bonds is 1. The van der Waals surface area contributed by atoms with E-state index in [4.69, 9.17) is 0 Å². The monoisotopic (exact) mass is 200 g/mol. The fourth-order valence-electron chi connectivity index (χ4n) is 1.55. The average molecular weight is 200 g/mol. The summed E-state index contributed by atoms with van der Waals surface area (Å²) in [4.78, 5) is 17.1. The second kappa shape index (κ2) is 3.69. The SMILES string of the molecule is Cc1cccc(-c2cnc(=O)[nH]c2)c1C. The van der Waals surface area contributed by atoms with Gasteiger partial charge in [0.15, 0.2) is 0 Å². The largest absolute Gasteiger partial charge is 0.344 e. The second-order valence-electron chi connectivity index (χ2n) is 3.55. The molecule has 76 valence electrons. The molecule has 0 aliphatic rings. The van der Waals surface area contributed by atoms with Crippen LogP contribution in [0.5, 0.6) is 0 Å². The van der Waals surface area contributed by atoms with Crippen LogP contribution in [-0.2, 0) is 0 Å². The zero-order chi connectivity index (χ0) is 10.8. The molecule has 0 aliphatic heterocycles. The maximum atomic E-state index is 10.8. The molecule has 0 atom stereocenters. The fraction of sp³-hybridized carbons (Fsp3) is 0.167. The van der Waals surface area contributed by atoms with E-state index in [0.29, 0.717) is 0 Å². The first-order valence-electron chi connectivity index (χ1n) is 4.80. The van der Waals surface area contributed by atoms with Gasteiger partial charge in [0.2, 0.25) is 0 Å². The highest BCUT2D eigenvalue weighted by molar-refractivity contribution is 5.66. The summed E-state index contributed by atoms with van der Waals surface area (Å²) in [6.45, 7) is 4.13. The van der Waals surface area contributed by atoms with Crippen molar-refractivity contribution < 1.29 is 0 Å². The van der Waals surface area contributed by atoms with Crippen LogP contribution in [0.3, 0.4) is 0 Å². The van der Waals surface area contributed by atoms with Crippen molar-refractivity contribution in [3.05, 3.63) is 52.2 Å². The first-order valence-corrected chi connectivity index (χ1v) is 4.80. The summed E-state index contributed by atoms with van der Waals surface area (Å²) in [6.07, 6.45) is 3.29. The molecule has 0 unspecified atom stereocenters. The molecule has 0 saturated carbocycles. The van der Waals surface area contributed by atoms with Crippen LogP contribution in [0.25, 0.3) is 11.1 Å². The predicted molar refractivity (Wildman–Crippen MR) is 59.8 cm³/mol. The quantitative estimate of drug-likeness (QED) is 0.765. The minimum absolute atomic E-state index is 0.316. The molecule has 1 aromatic heterocycles. The first-order chi connectivity index (χ1) is 7.18. The molecule has 0 fully saturated rings. The molecule has 0 bridgehead atoms. The summed E-state index contributed by atoms with van der Waals surface area (Å²) >= 11 is 0. The van der Waals surface area contributed by atoms with Gasteiger partial charge in [-0.25, -0.2) is 9.78 Å². The number of nitrogens with zero attached hydrogens (tertiary/aromatic N) is 1. The summed E-state index contributed by atoms with van der Waals surface area (Å²) in [5, 5.41) is 0. The lowest BCUT2D eigenvalue weighted by Gasteiger charge is -2.07. The highest BCUT2D eigenvalue weighted by Crippen LogP contribution is 2.23. The average Bonchev–Trinajstić information content (AvgIpc) is 2.24. The number of hydrogen-bond acceptors (Lipinski definition) is 2. The van der Waals surface area contributed by atoms with E-state index in [2.05, 4.69) is 29.9 Å². The van der Waals surface area contributed by atoms with Gasteiger partial charge >= 0.3 is 5.69 Å². The van der Waals surface area contributed by atoms with Crippen LogP contribution in [0.1, 0.15) is 11.1 Å². The van der Waals surface area contributed by atoms with Crippen molar-refractivity contribution >= 4 is 0 Å². The molecular formula is C12H12N2O.